The summed E-state index contributed by atoms with van der Waals surface area (Å²) in [4.78, 5) is 4.55. The number of aromatic nitrogens is 2. The predicted molar refractivity (Wildman–Crippen MR) is 66.2 cm³/mol. The molecule has 0 aromatic carbocycles. The van der Waals surface area contributed by atoms with Gasteiger partial charge in [-0.1, -0.05) is 13.3 Å². The van der Waals surface area contributed by atoms with Crippen LogP contribution in [0.3, 0.4) is 0 Å². The molecule has 0 radical (unpaired) electrons. The number of rotatable bonds is 3. The van der Waals surface area contributed by atoms with Crippen molar-refractivity contribution in [2.45, 2.75) is 45.6 Å². The number of hydrogen-bond donors (Lipinski definition) is 1. The molecule has 1 fully saturated rings. The van der Waals surface area contributed by atoms with E-state index in [1.165, 1.54) is 25.1 Å². The lowest BCUT2D eigenvalue weighted by atomic mass is 9.74. The lowest BCUT2D eigenvalue weighted by molar-refractivity contribution is 0.242. The van der Waals surface area contributed by atoms with Crippen LogP contribution in [0, 0.1) is 11.8 Å². The highest BCUT2D eigenvalue weighted by Gasteiger charge is 2.31. The highest BCUT2D eigenvalue weighted by Crippen LogP contribution is 2.39. The van der Waals surface area contributed by atoms with Gasteiger partial charge in [0.25, 0.3) is 0 Å². The molecule has 2 rings (SSSR count). The van der Waals surface area contributed by atoms with Crippen LogP contribution in [0.25, 0.3) is 0 Å². The second-order valence-electron chi connectivity index (χ2n) is 5.09. The molecule has 1 heterocycles. The fraction of sp³-hybridized carbons (Fsp3) is 0.769. The first-order valence-electron chi connectivity index (χ1n) is 6.47. The molecule has 3 atom stereocenters. The van der Waals surface area contributed by atoms with Crippen molar-refractivity contribution in [2.24, 2.45) is 17.6 Å². The van der Waals surface area contributed by atoms with Crippen LogP contribution in [0.1, 0.15) is 44.9 Å². The van der Waals surface area contributed by atoms with Gasteiger partial charge < -0.3 is 10.3 Å². The Morgan fingerprint density at radius 1 is 1.50 bits per heavy atom. The average Bonchev–Trinajstić information content (AvgIpc) is 2.76. The quantitative estimate of drug-likeness (QED) is 0.851. The molecule has 0 amide bonds. The van der Waals surface area contributed by atoms with Crippen molar-refractivity contribution >= 4 is 0 Å². The lowest BCUT2D eigenvalue weighted by Crippen LogP contribution is -2.30. The smallest absolute Gasteiger partial charge is 0.112 e. The summed E-state index contributed by atoms with van der Waals surface area (Å²) in [6.07, 6.45) is 7.84. The van der Waals surface area contributed by atoms with Crippen LogP contribution in [0.5, 0.6) is 0 Å². The van der Waals surface area contributed by atoms with Crippen LogP contribution in [0.15, 0.2) is 12.4 Å². The summed E-state index contributed by atoms with van der Waals surface area (Å²) in [5.74, 6) is 3.27. The monoisotopic (exact) mass is 221 g/mol. The number of nitrogens with two attached hydrogens (primary N) is 1. The summed E-state index contributed by atoms with van der Waals surface area (Å²) in [6.45, 7) is 6.33. The van der Waals surface area contributed by atoms with E-state index in [9.17, 15) is 0 Å². The molecule has 3 nitrogen and oxygen atoms in total. The maximum absolute atomic E-state index is 5.90. The van der Waals surface area contributed by atoms with Crippen molar-refractivity contribution < 1.29 is 0 Å². The summed E-state index contributed by atoms with van der Waals surface area (Å²) in [6, 6.07) is 0. The van der Waals surface area contributed by atoms with Crippen LogP contribution in [-0.2, 0) is 6.54 Å². The first-order valence-corrected chi connectivity index (χ1v) is 6.47. The van der Waals surface area contributed by atoms with Gasteiger partial charge in [-0.2, -0.15) is 0 Å². The Balaban J connectivity index is 2.22. The second kappa shape index (κ2) is 5.00. The summed E-state index contributed by atoms with van der Waals surface area (Å²) in [7, 11) is 0. The van der Waals surface area contributed by atoms with Crippen molar-refractivity contribution in [2.75, 3.05) is 6.54 Å². The van der Waals surface area contributed by atoms with Crippen molar-refractivity contribution in [1.29, 1.82) is 0 Å². The third-order valence-corrected chi connectivity index (χ3v) is 3.98. The SMILES string of the molecule is CCn1ccnc1C1CC(C)CCC1CN. The van der Waals surface area contributed by atoms with Crippen LogP contribution >= 0.6 is 0 Å². The number of hydrogen-bond acceptors (Lipinski definition) is 2. The molecular formula is C13H23N3. The number of imidazole rings is 1. The molecule has 1 aromatic heterocycles. The molecule has 2 N–H and O–H groups in total. The molecule has 0 bridgehead atoms. The van der Waals surface area contributed by atoms with Gasteiger partial charge in [-0.25, -0.2) is 4.98 Å². The first-order chi connectivity index (χ1) is 7.76. The van der Waals surface area contributed by atoms with Gasteiger partial charge in [0, 0.05) is 24.9 Å². The minimum absolute atomic E-state index is 0.573. The van der Waals surface area contributed by atoms with Gasteiger partial charge in [-0.05, 0) is 38.1 Å². The van der Waals surface area contributed by atoms with Gasteiger partial charge in [0.1, 0.15) is 5.82 Å². The Morgan fingerprint density at radius 2 is 2.31 bits per heavy atom. The Hall–Kier alpha value is -0.830. The summed E-state index contributed by atoms with van der Waals surface area (Å²) in [5, 5.41) is 0. The van der Waals surface area contributed by atoms with E-state index >= 15 is 0 Å². The van der Waals surface area contributed by atoms with Gasteiger partial charge in [0.15, 0.2) is 0 Å². The fourth-order valence-electron chi connectivity index (χ4n) is 2.96. The van der Waals surface area contributed by atoms with E-state index in [2.05, 4.69) is 29.6 Å². The normalized spacial score (nSPS) is 30.6. The van der Waals surface area contributed by atoms with E-state index in [-0.39, 0.29) is 0 Å². The maximum atomic E-state index is 5.90. The highest BCUT2D eigenvalue weighted by atomic mass is 15.1. The maximum Gasteiger partial charge on any atom is 0.112 e. The average molecular weight is 221 g/mol. The number of aryl methyl sites for hydroxylation is 1. The molecule has 90 valence electrons. The molecule has 3 unspecified atom stereocenters. The van der Waals surface area contributed by atoms with Crippen molar-refractivity contribution in [3.63, 3.8) is 0 Å². The van der Waals surface area contributed by atoms with Crippen LogP contribution in [-0.4, -0.2) is 16.1 Å². The molecular weight excluding hydrogens is 198 g/mol. The molecule has 1 aliphatic rings. The third-order valence-electron chi connectivity index (χ3n) is 3.98. The topological polar surface area (TPSA) is 43.8 Å². The zero-order chi connectivity index (χ0) is 11.5. The van der Waals surface area contributed by atoms with E-state index in [0.717, 1.165) is 19.0 Å². The summed E-state index contributed by atoms with van der Waals surface area (Å²) in [5.41, 5.74) is 5.90. The third kappa shape index (κ3) is 2.14. The van der Waals surface area contributed by atoms with E-state index in [0.29, 0.717) is 11.8 Å². The van der Waals surface area contributed by atoms with E-state index in [1.54, 1.807) is 0 Å². The van der Waals surface area contributed by atoms with Crippen molar-refractivity contribution in [1.82, 2.24) is 9.55 Å². The van der Waals surface area contributed by atoms with Crippen LogP contribution in [0.2, 0.25) is 0 Å². The van der Waals surface area contributed by atoms with Crippen LogP contribution < -0.4 is 5.73 Å². The van der Waals surface area contributed by atoms with Gasteiger partial charge >= 0.3 is 0 Å². The van der Waals surface area contributed by atoms with E-state index in [4.69, 9.17) is 5.73 Å². The molecule has 3 heteroatoms. The highest BCUT2D eigenvalue weighted by molar-refractivity contribution is 5.05. The molecule has 1 aliphatic carbocycles. The Labute approximate surface area is 98.1 Å². The van der Waals surface area contributed by atoms with Crippen molar-refractivity contribution in [3.8, 4) is 0 Å². The summed E-state index contributed by atoms with van der Waals surface area (Å²) >= 11 is 0. The Kier molecular flexibility index (Phi) is 3.64. The first kappa shape index (κ1) is 11.6. The molecule has 0 saturated heterocycles. The van der Waals surface area contributed by atoms with Gasteiger partial charge in [-0.15, -0.1) is 0 Å². The van der Waals surface area contributed by atoms with E-state index in [1.807, 2.05) is 6.20 Å². The Bertz CT molecular complexity index is 332. The summed E-state index contributed by atoms with van der Waals surface area (Å²) < 4.78 is 2.27. The zero-order valence-corrected chi connectivity index (χ0v) is 10.4. The molecule has 16 heavy (non-hydrogen) atoms. The van der Waals surface area contributed by atoms with Gasteiger partial charge in [-0.3, -0.25) is 0 Å². The van der Waals surface area contributed by atoms with Crippen LogP contribution in [0.4, 0.5) is 0 Å². The predicted octanol–water partition coefficient (Wildman–Crippen LogP) is 2.38. The van der Waals surface area contributed by atoms with E-state index < -0.39 is 0 Å². The number of nitrogens with zero attached hydrogens (tertiary/aromatic N) is 2. The molecule has 0 aliphatic heterocycles. The van der Waals surface area contributed by atoms with Gasteiger partial charge in [0.05, 0.1) is 0 Å². The zero-order valence-electron chi connectivity index (χ0n) is 10.4. The van der Waals surface area contributed by atoms with Gasteiger partial charge in [0.2, 0.25) is 0 Å². The fourth-order valence-corrected chi connectivity index (χ4v) is 2.96. The minimum atomic E-state index is 0.573. The molecule has 1 aromatic rings. The lowest BCUT2D eigenvalue weighted by Gasteiger charge is -2.34. The van der Waals surface area contributed by atoms with Crippen molar-refractivity contribution in [3.05, 3.63) is 18.2 Å². The second-order valence-corrected chi connectivity index (χ2v) is 5.09. The largest absolute Gasteiger partial charge is 0.335 e. The Morgan fingerprint density at radius 3 is 3.00 bits per heavy atom. The molecule has 0 spiro atoms. The molecule has 1 saturated carbocycles. The standard InChI is InChI=1S/C13H23N3/c1-3-16-7-6-15-13(16)12-8-10(2)4-5-11(12)9-14/h6-7,10-12H,3-5,8-9,14H2,1-2H3. The minimum Gasteiger partial charge on any atom is -0.335 e.